The van der Waals surface area contributed by atoms with Gasteiger partial charge in [0.1, 0.15) is 0 Å². The Kier molecular flexibility index (Phi) is 5.14. The van der Waals surface area contributed by atoms with E-state index in [0.717, 1.165) is 0 Å². The molecule has 2 amide bonds. The molecule has 1 N–H and O–H groups in total. The molecule has 7 nitrogen and oxygen atoms in total. The minimum atomic E-state index is -0.296. The van der Waals surface area contributed by atoms with Crippen LogP contribution in [0.4, 0.5) is 11.6 Å². The second kappa shape index (κ2) is 7.48. The molecule has 130 valence electrons. The smallest absolute Gasteiger partial charge is 0.258 e. The second-order valence-corrected chi connectivity index (χ2v) is 6.17. The zero-order valence-corrected chi connectivity index (χ0v) is 14.5. The first-order valence-corrected chi connectivity index (χ1v) is 8.30. The van der Waals surface area contributed by atoms with Gasteiger partial charge in [-0.05, 0) is 18.2 Å². The van der Waals surface area contributed by atoms with Gasteiger partial charge >= 0.3 is 0 Å². The van der Waals surface area contributed by atoms with Crippen LogP contribution in [0.5, 0.6) is 0 Å². The fourth-order valence-corrected chi connectivity index (χ4v) is 2.78. The van der Waals surface area contributed by atoms with Crippen molar-refractivity contribution in [2.45, 2.75) is 6.92 Å². The van der Waals surface area contributed by atoms with E-state index in [4.69, 9.17) is 11.6 Å². The Morgan fingerprint density at radius 3 is 2.40 bits per heavy atom. The largest absolute Gasteiger partial charge is 0.339 e. The molecule has 1 aliphatic heterocycles. The van der Waals surface area contributed by atoms with Crippen molar-refractivity contribution in [1.82, 2.24) is 14.9 Å². The molecule has 0 bridgehead atoms. The van der Waals surface area contributed by atoms with Crippen molar-refractivity contribution in [3.8, 4) is 0 Å². The topological polar surface area (TPSA) is 78.4 Å². The molecule has 0 spiro atoms. The number of hydrogen-bond acceptors (Lipinski definition) is 5. The summed E-state index contributed by atoms with van der Waals surface area (Å²) in [6, 6.07) is 6.93. The van der Waals surface area contributed by atoms with E-state index in [-0.39, 0.29) is 11.8 Å². The molecule has 1 aromatic carbocycles. The number of piperazine rings is 1. The molecule has 1 saturated heterocycles. The van der Waals surface area contributed by atoms with Crippen LogP contribution < -0.4 is 10.2 Å². The van der Waals surface area contributed by atoms with Gasteiger partial charge < -0.3 is 15.1 Å². The van der Waals surface area contributed by atoms with Gasteiger partial charge in [-0.25, -0.2) is 9.97 Å². The molecule has 8 heteroatoms. The lowest BCUT2D eigenvalue weighted by molar-refractivity contribution is -0.129. The highest BCUT2D eigenvalue weighted by molar-refractivity contribution is 6.30. The number of hydrogen-bond donors (Lipinski definition) is 1. The molecule has 0 unspecified atom stereocenters. The number of benzene rings is 1. The van der Waals surface area contributed by atoms with Crippen LogP contribution in [-0.4, -0.2) is 52.9 Å². The van der Waals surface area contributed by atoms with E-state index < -0.39 is 0 Å². The van der Waals surface area contributed by atoms with Crippen LogP contribution in [-0.2, 0) is 4.79 Å². The molecular formula is C17H18ClN5O2. The lowest BCUT2D eigenvalue weighted by Gasteiger charge is -2.34. The summed E-state index contributed by atoms with van der Waals surface area (Å²) in [5, 5.41) is 3.31. The Bertz CT molecular complexity index is 773. The van der Waals surface area contributed by atoms with Gasteiger partial charge in [-0.2, -0.15) is 0 Å². The maximum Gasteiger partial charge on any atom is 0.258 e. The quantitative estimate of drug-likeness (QED) is 0.907. The first-order chi connectivity index (χ1) is 12.0. The average Bonchev–Trinajstić information content (AvgIpc) is 2.62. The summed E-state index contributed by atoms with van der Waals surface area (Å²) < 4.78 is 0. The second-order valence-electron chi connectivity index (χ2n) is 5.73. The normalized spacial score (nSPS) is 14.3. The number of nitrogens with one attached hydrogen (secondary N) is 1. The highest BCUT2D eigenvalue weighted by atomic mass is 35.5. The van der Waals surface area contributed by atoms with Crippen LogP contribution in [0.25, 0.3) is 0 Å². The molecule has 0 saturated carbocycles. The lowest BCUT2D eigenvalue weighted by Crippen LogP contribution is -2.48. The molecule has 0 radical (unpaired) electrons. The van der Waals surface area contributed by atoms with Crippen LogP contribution in [0, 0.1) is 0 Å². The predicted molar refractivity (Wildman–Crippen MR) is 95.9 cm³/mol. The molecule has 3 rings (SSSR count). The van der Waals surface area contributed by atoms with Crippen molar-refractivity contribution in [2.24, 2.45) is 0 Å². The van der Waals surface area contributed by atoms with Gasteiger partial charge in [0.25, 0.3) is 5.91 Å². The first-order valence-electron chi connectivity index (χ1n) is 7.92. The van der Waals surface area contributed by atoms with Crippen LogP contribution in [0.3, 0.4) is 0 Å². The van der Waals surface area contributed by atoms with E-state index in [9.17, 15) is 9.59 Å². The summed E-state index contributed by atoms with van der Waals surface area (Å²) in [6.45, 7) is 4.21. The summed E-state index contributed by atoms with van der Waals surface area (Å²) in [6.07, 6.45) is 3.00. The standard InChI is InChI=1S/C17H18ClN5O2/c1-12(24)22-5-7-23(8-6-22)17-19-10-13(11-20-17)16(25)21-15-4-2-3-14(18)9-15/h2-4,9-11H,5-8H2,1H3,(H,21,25). The van der Waals surface area contributed by atoms with Gasteiger partial charge in [0.05, 0.1) is 5.56 Å². The maximum atomic E-state index is 12.2. The summed E-state index contributed by atoms with van der Waals surface area (Å²) in [5.74, 6) is 0.339. The van der Waals surface area contributed by atoms with Gasteiger partial charge in [0, 0.05) is 56.2 Å². The van der Waals surface area contributed by atoms with E-state index >= 15 is 0 Å². The van der Waals surface area contributed by atoms with Crippen LogP contribution in [0.15, 0.2) is 36.7 Å². The molecule has 1 aliphatic rings. The van der Waals surface area contributed by atoms with E-state index in [2.05, 4.69) is 15.3 Å². The zero-order valence-electron chi connectivity index (χ0n) is 13.8. The molecule has 1 aromatic heterocycles. The van der Waals surface area contributed by atoms with Crippen molar-refractivity contribution in [3.63, 3.8) is 0 Å². The van der Waals surface area contributed by atoms with Gasteiger partial charge in [-0.15, -0.1) is 0 Å². The van der Waals surface area contributed by atoms with Crippen molar-refractivity contribution in [1.29, 1.82) is 0 Å². The first kappa shape index (κ1) is 17.2. The Balaban J connectivity index is 1.62. The third kappa shape index (κ3) is 4.24. The van der Waals surface area contributed by atoms with Crippen LogP contribution >= 0.6 is 11.6 Å². The van der Waals surface area contributed by atoms with Gasteiger partial charge in [-0.1, -0.05) is 17.7 Å². The fraction of sp³-hybridized carbons (Fsp3) is 0.294. The number of nitrogens with zero attached hydrogens (tertiary/aromatic N) is 4. The number of aromatic nitrogens is 2. The van der Waals surface area contributed by atoms with Crippen molar-refractivity contribution in [2.75, 3.05) is 36.4 Å². The van der Waals surface area contributed by atoms with Gasteiger partial charge in [0.2, 0.25) is 11.9 Å². The summed E-state index contributed by atoms with van der Waals surface area (Å²) >= 11 is 5.90. The Labute approximate surface area is 150 Å². The minimum absolute atomic E-state index is 0.0774. The number of carbonyl (C=O) groups is 2. The third-order valence-electron chi connectivity index (χ3n) is 3.99. The Morgan fingerprint density at radius 2 is 1.80 bits per heavy atom. The Hall–Kier alpha value is -2.67. The Morgan fingerprint density at radius 1 is 1.12 bits per heavy atom. The van der Waals surface area contributed by atoms with E-state index in [1.54, 1.807) is 36.1 Å². The number of rotatable bonds is 3. The van der Waals surface area contributed by atoms with Crippen molar-refractivity contribution >= 4 is 35.1 Å². The number of halogens is 1. The average molecular weight is 360 g/mol. The molecule has 25 heavy (non-hydrogen) atoms. The number of amides is 2. The molecule has 0 atom stereocenters. The van der Waals surface area contributed by atoms with Crippen LogP contribution in [0.1, 0.15) is 17.3 Å². The molecule has 1 fully saturated rings. The predicted octanol–water partition coefficient (Wildman–Crippen LogP) is 2.05. The molecular weight excluding hydrogens is 342 g/mol. The van der Waals surface area contributed by atoms with Gasteiger partial charge in [-0.3, -0.25) is 9.59 Å². The molecule has 0 aliphatic carbocycles. The highest BCUT2D eigenvalue weighted by Gasteiger charge is 2.20. The number of anilines is 2. The van der Waals surface area contributed by atoms with E-state index in [1.165, 1.54) is 12.4 Å². The zero-order chi connectivity index (χ0) is 17.8. The SMILES string of the molecule is CC(=O)N1CCN(c2ncc(C(=O)Nc3cccc(Cl)c3)cn2)CC1. The van der Waals surface area contributed by atoms with Gasteiger partial charge in [0.15, 0.2) is 0 Å². The van der Waals surface area contributed by atoms with Crippen molar-refractivity contribution < 1.29 is 9.59 Å². The monoisotopic (exact) mass is 359 g/mol. The highest BCUT2D eigenvalue weighted by Crippen LogP contribution is 2.16. The summed E-state index contributed by atoms with van der Waals surface area (Å²) in [7, 11) is 0. The van der Waals surface area contributed by atoms with E-state index in [0.29, 0.717) is 48.4 Å². The van der Waals surface area contributed by atoms with Crippen molar-refractivity contribution in [3.05, 3.63) is 47.2 Å². The summed E-state index contributed by atoms with van der Waals surface area (Å²) in [5.41, 5.74) is 0.980. The lowest BCUT2D eigenvalue weighted by atomic mass is 10.2. The minimum Gasteiger partial charge on any atom is -0.339 e. The number of carbonyl (C=O) groups excluding carboxylic acids is 2. The third-order valence-corrected chi connectivity index (χ3v) is 4.23. The van der Waals surface area contributed by atoms with E-state index in [1.807, 2.05) is 4.90 Å². The fourth-order valence-electron chi connectivity index (χ4n) is 2.59. The summed E-state index contributed by atoms with van der Waals surface area (Å²) in [4.78, 5) is 35.9. The van der Waals surface area contributed by atoms with Crippen LogP contribution in [0.2, 0.25) is 5.02 Å². The maximum absolute atomic E-state index is 12.2. The molecule has 2 heterocycles. The molecule has 2 aromatic rings.